The van der Waals surface area contributed by atoms with E-state index >= 15 is 0 Å². The maximum Gasteiger partial charge on any atom is 0.0860 e. The Labute approximate surface area is 107 Å². The number of halogens is 1. The van der Waals surface area contributed by atoms with Crippen molar-refractivity contribution in [3.63, 3.8) is 0 Å². The van der Waals surface area contributed by atoms with Gasteiger partial charge in [-0.1, -0.05) is 11.6 Å². The molecule has 4 nitrogen and oxygen atoms in total. The van der Waals surface area contributed by atoms with Gasteiger partial charge in [0.15, 0.2) is 0 Å². The van der Waals surface area contributed by atoms with Crippen molar-refractivity contribution >= 4 is 11.6 Å². The van der Waals surface area contributed by atoms with Crippen molar-refractivity contribution in [3.8, 4) is 0 Å². The van der Waals surface area contributed by atoms with Gasteiger partial charge in [-0.15, -0.1) is 0 Å². The quantitative estimate of drug-likeness (QED) is 0.878. The summed E-state index contributed by atoms with van der Waals surface area (Å²) >= 11 is 6.23. The minimum absolute atomic E-state index is 0.368. The summed E-state index contributed by atoms with van der Waals surface area (Å²) in [4.78, 5) is 0. The molecule has 17 heavy (non-hydrogen) atoms. The van der Waals surface area contributed by atoms with Gasteiger partial charge in [-0.2, -0.15) is 5.10 Å². The summed E-state index contributed by atoms with van der Waals surface area (Å²) in [6, 6.07) is 0. The predicted molar refractivity (Wildman–Crippen MR) is 68.3 cm³/mol. The summed E-state index contributed by atoms with van der Waals surface area (Å²) in [5, 5.41) is 8.58. The fourth-order valence-electron chi connectivity index (χ4n) is 2.19. The van der Waals surface area contributed by atoms with Gasteiger partial charge in [0.1, 0.15) is 0 Å². The lowest BCUT2D eigenvalue weighted by molar-refractivity contribution is 0.110. The van der Waals surface area contributed by atoms with E-state index in [1.165, 1.54) is 6.42 Å². The molecule has 0 amide bonds. The number of aromatic nitrogens is 2. The third-order valence-electron chi connectivity index (χ3n) is 3.14. The molecule has 96 valence electrons. The van der Waals surface area contributed by atoms with Gasteiger partial charge in [0.25, 0.3) is 0 Å². The molecule has 1 atom stereocenters. The summed E-state index contributed by atoms with van der Waals surface area (Å²) in [5.41, 5.74) is 1.98. The molecule has 1 aliphatic rings. The van der Waals surface area contributed by atoms with Crippen LogP contribution >= 0.6 is 11.6 Å². The minimum Gasteiger partial charge on any atom is -0.377 e. The number of rotatable bonds is 5. The first-order chi connectivity index (χ1) is 8.22. The lowest BCUT2D eigenvalue weighted by atomic mass is 10.2. The minimum atomic E-state index is 0.368. The first-order valence-corrected chi connectivity index (χ1v) is 6.64. The number of ether oxygens (including phenoxy) is 1. The third-order valence-corrected chi connectivity index (χ3v) is 3.63. The Hall–Kier alpha value is -0.580. The normalized spacial score (nSPS) is 20.1. The molecule has 0 aromatic carbocycles. The molecule has 5 heteroatoms. The first kappa shape index (κ1) is 12.9. The van der Waals surface area contributed by atoms with Gasteiger partial charge in [0.05, 0.1) is 22.5 Å². The molecule has 1 fully saturated rings. The lowest BCUT2D eigenvalue weighted by Gasteiger charge is -2.11. The summed E-state index contributed by atoms with van der Waals surface area (Å²) in [7, 11) is 0. The van der Waals surface area contributed by atoms with E-state index in [0.29, 0.717) is 6.10 Å². The van der Waals surface area contributed by atoms with Gasteiger partial charge in [-0.25, -0.2) is 0 Å². The highest BCUT2D eigenvalue weighted by atomic mass is 35.5. The maximum atomic E-state index is 6.23. The van der Waals surface area contributed by atoms with Crippen LogP contribution in [0.25, 0.3) is 0 Å². The van der Waals surface area contributed by atoms with E-state index in [0.717, 1.165) is 49.1 Å². The second-order valence-corrected chi connectivity index (χ2v) is 4.81. The second kappa shape index (κ2) is 5.85. The molecular weight excluding hydrogens is 238 g/mol. The van der Waals surface area contributed by atoms with Crippen LogP contribution in [0.3, 0.4) is 0 Å². The summed E-state index contributed by atoms with van der Waals surface area (Å²) in [5.74, 6) is 0. The van der Waals surface area contributed by atoms with Crippen LogP contribution in [0.2, 0.25) is 5.02 Å². The Kier molecular flexibility index (Phi) is 4.42. The van der Waals surface area contributed by atoms with Crippen molar-refractivity contribution in [1.29, 1.82) is 0 Å². The Morgan fingerprint density at radius 1 is 1.59 bits per heavy atom. The van der Waals surface area contributed by atoms with Crippen molar-refractivity contribution in [2.75, 3.05) is 13.2 Å². The maximum absolute atomic E-state index is 6.23. The molecule has 0 aliphatic carbocycles. The molecular formula is C12H20ClN3O. The SMILES string of the molecule is CCn1nc(C)c(Cl)c1CNCC1CCCO1. The fourth-order valence-corrected chi connectivity index (χ4v) is 2.40. The van der Waals surface area contributed by atoms with Gasteiger partial charge in [0, 0.05) is 26.2 Å². The Balaban J connectivity index is 1.89. The van der Waals surface area contributed by atoms with Crippen molar-refractivity contribution in [1.82, 2.24) is 15.1 Å². The van der Waals surface area contributed by atoms with Crippen LogP contribution in [0.15, 0.2) is 0 Å². The topological polar surface area (TPSA) is 39.1 Å². The Morgan fingerprint density at radius 3 is 3.06 bits per heavy atom. The predicted octanol–water partition coefficient (Wildman–Crippen LogP) is 2.13. The van der Waals surface area contributed by atoms with Gasteiger partial charge < -0.3 is 10.1 Å². The van der Waals surface area contributed by atoms with Crippen LogP contribution < -0.4 is 5.32 Å². The average Bonchev–Trinajstić information content (AvgIpc) is 2.92. The van der Waals surface area contributed by atoms with Crippen molar-refractivity contribution in [3.05, 3.63) is 16.4 Å². The molecule has 1 aromatic rings. The largest absolute Gasteiger partial charge is 0.377 e. The zero-order chi connectivity index (χ0) is 12.3. The van der Waals surface area contributed by atoms with E-state index in [2.05, 4.69) is 17.3 Å². The summed E-state index contributed by atoms with van der Waals surface area (Å²) < 4.78 is 7.52. The zero-order valence-electron chi connectivity index (χ0n) is 10.5. The van der Waals surface area contributed by atoms with Crippen LogP contribution in [0.4, 0.5) is 0 Å². The lowest BCUT2D eigenvalue weighted by Crippen LogP contribution is -2.26. The van der Waals surface area contributed by atoms with Crippen LogP contribution in [0.1, 0.15) is 31.2 Å². The number of aryl methyl sites for hydroxylation is 2. The van der Waals surface area contributed by atoms with Crippen LogP contribution in [0, 0.1) is 6.92 Å². The highest BCUT2D eigenvalue weighted by Gasteiger charge is 2.16. The van der Waals surface area contributed by atoms with Gasteiger partial charge in [0.2, 0.25) is 0 Å². The molecule has 0 bridgehead atoms. The Bertz CT molecular complexity index is 372. The molecule has 1 unspecified atom stereocenters. The molecule has 1 saturated heterocycles. The van der Waals surface area contributed by atoms with E-state index in [1.54, 1.807) is 0 Å². The molecule has 1 aromatic heterocycles. The van der Waals surface area contributed by atoms with E-state index in [1.807, 2.05) is 11.6 Å². The van der Waals surface area contributed by atoms with E-state index in [-0.39, 0.29) is 0 Å². The van der Waals surface area contributed by atoms with Gasteiger partial charge in [-0.05, 0) is 26.7 Å². The van der Waals surface area contributed by atoms with Crippen molar-refractivity contribution in [2.24, 2.45) is 0 Å². The third kappa shape index (κ3) is 3.00. The van der Waals surface area contributed by atoms with Gasteiger partial charge >= 0.3 is 0 Å². The molecule has 1 aliphatic heterocycles. The average molecular weight is 258 g/mol. The number of hydrogen-bond donors (Lipinski definition) is 1. The van der Waals surface area contributed by atoms with Crippen LogP contribution in [-0.4, -0.2) is 29.0 Å². The first-order valence-electron chi connectivity index (χ1n) is 6.26. The molecule has 1 N–H and O–H groups in total. The Morgan fingerprint density at radius 2 is 2.41 bits per heavy atom. The second-order valence-electron chi connectivity index (χ2n) is 4.43. The summed E-state index contributed by atoms with van der Waals surface area (Å²) in [6.45, 7) is 7.42. The standard InChI is InChI=1S/C12H20ClN3O/c1-3-16-11(12(13)9(2)15-16)8-14-7-10-5-4-6-17-10/h10,14H,3-8H2,1-2H3. The van der Waals surface area contributed by atoms with Crippen molar-refractivity contribution < 1.29 is 4.74 Å². The van der Waals surface area contributed by atoms with Crippen molar-refractivity contribution in [2.45, 2.75) is 45.9 Å². The number of nitrogens with one attached hydrogen (secondary N) is 1. The van der Waals surface area contributed by atoms with Crippen LogP contribution in [-0.2, 0) is 17.8 Å². The molecule has 2 rings (SSSR count). The number of hydrogen-bond acceptors (Lipinski definition) is 3. The molecule has 0 radical (unpaired) electrons. The smallest absolute Gasteiger partial charge is 0.0860 e. The highest BCUT2D eigenvalue weighted by Crippen LogP contribution is 2.20. The zero-order valence-corrected chi connectivity index (χ0v) is 11.3. The monoisotopic (exact) mass is 257 g/mol. The van der Waals surface area contributed by atoms with E-state index in [9.17, 15) is 0 Å². The molecule has 2 heterocycles. The van der Waals surface area contributed by atoms with E-state index in [4.69, 9.17) is 16.3 Å². The summed E-state index contributed by atoms with van der Waals surface area (Å²) in [6.07, 6.45) is 2.71. The highest BCUT2D eigenvalue weighted by molar-refractivity contribution is 6.31. The number of nitrogens with zero attached hydrogens (tertiary/aromatic N) is 2. The van der Waals surface area contributed by atoms with E-state index < -0.39 is 0 Å². The van der Waals surface area contributed by atoms with Gasteiger partial charge in [-0.3, -0.25) is 4.68 Å². The fraction of sp³-hybridized carbons (Fsp3) is 0.750. The van der Waals surface area contributed by atoms with Crippen LogP contribution in [0.5, 0.6) is 0 Å². The molecule has 0 spiro atoms. The molecule has 0 saturated carbocycles.